The SMILES string of the molecule is CCCN(CCCC(=O)Nc1ccc(Cl)cc1N)C(C)C. The molecule has 0 saturated heterocycles. The van der Waals surface area contributed by atoms with Crippen LogP contribution in [0.3, 0.4) is 0 Å². The first-order chi connectivity index (χ1) is 9.93. The van der Waals surface area contributed by atoms with Crippen LogP contribution in [-0.2, 0) is 4.79 Å². The summed E-state index contributed by atoms with van der Waals surface area (Å²) >= 11 is 5.83. The average molecular weight is 312 g/mol. The zero-order valence-corrected chi connectivity index (χ0v) is 13.9. The Kier molecular flexibility index (Phi) is 7.54. The summed E-state index contributed by atoms with van der Waals surface area (Å²) in [5, 5.41) is 3.40. The second-order valence-electron chi connectivity index (χ2n) is 5.51. The highest BCUT2D eigenvalue weighted by atomic mass is 35.5. The summed E-state index contributed by atoms with van der Waals surface area (Å²) in [6.07, 6.45) is 2.47. The van der Waals surface area contributed by atoms with Crippen molar-refractivity contribution in [3.63, 3.8) is 0 Å². The Bertz CT molecular complexity index is 463. The number of rotatable bonds is 8. The van der Waals surface area contributed by atoms with Gasteiger partial charge in [0.15, 0.2) is 0 Å². The number of benzene rings is 1. The second-order valence-corrected chi connectivity index (χ2v) is 5.95. The molecule has 0 fully saturated rings. The predicted molar refractivity (Wildman–Crippen MR) is 90.7 cm³/mol. The number of halogens is 1. The summed E-state index contributed by atoms with van der Waals surface area (Å²) in [6.45, 7) is 8.55. The number of anilines is 2. The zero-order chi connectivity index (χ0) is 15.8. The largest absolute Gasteiger partial charge is 0.397 e. The van der Waals surface area contributed by atoms with Crippen molar-refractivity contribution >= 4 is 28.9 Å². The second kappa shape index (κ2) is 8.90. The molecule has 0 saturated carbocycles. The fourth-order valence-corrected chi connectivity index (χ4v) is 2.40. The lowest BCUT2D eigenvalue weighted by Gasteiger charge is -2.25. The Morgan fingerprint density at radius 1 is 1.38 bits per heavy atom. The number of amides is 1. The molecule has 5 heteroatoms. The van der Waals surface area contributed by atoms with Crippen LogP contribution in [0.1, 0.15) is 40.0 Å². The monoisotopic (exact) mass is 311 g/mol. The van der Waals surface area contributed by atoms with Gasteiger partial charge in [-0.3, -0.25) is 4.79 Å². The molecule has 0 atom stereocenters. The molecule has 4 nitrogen and oxygen atoms in total. The highest BCUT2D eigenvalue weighted by Crippen LogP contribution is 2.22. The van der Waals surface area contributed by atoms with E-state index < -0.39 is 0 Å². The van der Waals surface area contributed by atoms with E-state index in [1.165, 1.54) is 0 Å². The quantitative estimate of drug-likeness (QED) is 0.719. The van der Waals surface area contributed by atoms with Crippen LogP contribution in [0.15, 0.2) is 18.2 Å². The molecule has 0 spiro atoms. The van der Waals surface area contributed by atoms with Gasteiger partial charge >= 0.3 is 0 Å². The van der Waals surface area contributed by atoms with E-state index >= 15 is 0 Å². The smallest absolute Gasteiger partial charge is 0.224 e. The lowest BCUT2D eigenvalue weighted by molar-refractivity contribution is -0.116. The number of nitrogens with zero attached hydrogens (tertiary/aromatic N) is 1. The fourth-order valence-electron chi connectivity index (χ4n) is 2.22. The van der Waals surface area contributed by atoms with Gasteiger partial charge in [0.1, 0.15) is 0 Å². The van der Waals surface area contributed by atoms with Crippen LogP contribution in [0, 0.1) is 0 Å². The van der Waals surface area contributed by atoms with E-state index in [2.05, 4.69) is 31.0 Å². The van der Waals surface area contributed by atoms with E-state index in [4.69, 9.17) is 17.3 Å². The molecule has 1 amide bonds. The van der Waals surface area contributed by atoms with Crippen LogP contribution < -0.4 is 11.1 Å². The minimum atomic E-state index is -0.00997. The molecule has 0 heterocycles. The molecule has 118 valence electrons. The van der Waals surface area contributed by atoms with E-state index in [1.807, 2.05) is 0 Å². The van der Waals surface area contributed by atoms with Gasteiger partial charge in [-0.15, -0.1) is 0 Å². The standard InChI is InChI=1S/C16H26ClN3O/c1-4-9-20(12(2)3)10-5-6-16(21)19-15-8-7-13(17)11-14(15)18/h7-8,11-12H,4-6,9-10,18H2,1-3H3,(H,19,21). The van der Waals surface area contributed by atoms with Crippen molar-refractivity contribution in [2.45, 2.75) is 46.1 Å². The van der Waals surface area contributed by atoms with Crippen molar-refractivity contribution in [1.29, 1.82) is 0 Å². The van der Waals surface area contributed by atoms with Crippen molar-refractivity contribution in [3.05, 3.63) is 23.2 Å². The molecule has 21 heavy (non-hydrogen) atoms. The summed E-state index contributed by atoms with van der Waals surface area (Å²) in [6, 6.07) is 5.60. The van der Waals surface area contributed by atoms with E-state index in [0.29, 0.717) is 28.9 Å². The van der Waals surface area contributed by atoms with Crippen LogP contribution in [0.2, 0.25) is 5.02 Å². The van der Waals surface area contributed by atoms with Crippen LogP contribution >= 0.6 is 11.6 Å². The van der Waals surface area contributed by atoms with Crippen LogP contribution in [0.4, 0.5) is 11.4 Å². The topological polar surface area (TPSA) is 58.4 Å². The van der Waals surface area contributed by atoms with Gasteiger partial charge in [0.25, 0.3) is 0 Å². The van der Waals surface area contributed by atoms with Crippen molar-refractivity contribution in [2.75, 3.05) is 24.1 Å². The molecule has 1 aromatic rings. The molecule has 1 aromatic carbocycles. The maximum absolute atomic E-state index is 11.9. The summed E-state index contributed by atoms with van der Waals surface area (Å²) in [4.78, 5) is 14.3. The van der Waals surface area contributed by atoms with E-state index in [-0.39, 0.29) is 5.91 Å². The average Bonchev–Trinajstić information content (AvgIpc) is 2.41. The van der Waals surface area contributed by atoms with Gasteiger partial charge in [0.2, 0.25) is 5.91 Å². The van der Waals surface area contributed by atoms with Crippen LogP contribution in [0.25, 0.3) is 0 Å². The summed E-state index contributed by atoms with van der Waals surface area (Å²) in [5.74, 6) is -0.00997. The number of hydrogen-bond acceptors (Lipinski definition) is 3. The third-order valence-corrected chi connectivity index (χ3v) is 3.61. The first kappa shape index (κ1) is 17.8. The maximum atomic E-state index is 11.9. The van der Waals surface area contributed by atoms with Gasteiger partial charge in [-0.05, 0) is 58.0 Å². The van der Waals surface area contributed by atoms with Gasteiger partial charge in [-0.2, -0.15) is 0 Å². The van der Waals surface area contributed by atoms with Gasteiger partial charge in [0.05, 0.1) is 11.4 Å². The molecule has 0 aliphatic rings. The zero-order valence-electron chi connectivity index (χ0n) is 13.2. The molecular formula is C16H26ClN3O. The minimum absolute atomic E-state index is 0.00997. The number of hydrogen-bond donors (Lipinski definition) is 2. The molecule has 0 bridgehead atoms. The Labute approximate surface area is 132 Å². The lowest BCUT2D eigenvalue weighted by atomic mass is 10.2. The summed E-state index contributed by atoms with van der Waals surface area (Å²) in [5.41, 5.74) is 6.93. The Balaban J connectivity index is 2.40. The molecule has 0 aliphatic carbocycles. The Morgan fingerprint density at radius 3 is 2.67 bits per heavy atom. The van der Waals surface area contributed by atoms with Crippen molar-refractivity contribution in [1.82, 2.24) is 4.90 Å². The highest BCUT2D eigenvalue weighted by molar-refractivity contribution is 6.31. The number of carbonyl (C=O) groups is 1. The molecule has 0 aromatic heterocycles. The number of carbonyl (C=O) groups excluding carboxylic acids is 1. The Hall–Kier alpha value is -1.26. The number of nitrogen functional groups attached to an aromatic ring is 1. The first-order valence-electron chi connectivity index (χ1n) is 7.53. The molecule has 3 N–H and O–H groups in total. The number of nitrogens with two attached hydrogens (primary N) is 1. The van der Waals surface area contributed by atoms with Crippen LogP contribution in [-0.4, -0.2) is 29.9 Å². The van der Waals surface area contributed by atoms with Crippen molar-refractivity contribution in [3.8, 4) is 0 Å². The van der Waals surface area contributed by atoms with Gasteiger partial charge in [-0.1, -0.05) is 18.5 Å². The predicted octanol–water partition coefficient (Wildman–Crippen LogP) is 3.76. The van der Waals surface area contributed by atoms with E-state index in [1.54, 1.807) is 18.2 Å². The van der Waals surface area contributed by atoms with E-state index in [0.717, 1.165) is 25.9 Å². The lowest BCUT2D eigenvalue weighted by Crippen LogP contribution is -2.33. The van der Waals surface area contributed by atoms with Gasteiger partial charge in [-0.25, -0.2) is 0 Å². The molecule has 0 radical (unpaired) electrons. The van der Waals surface area contributed by atoms with E-state index in [9.17, 15) is 4.79 Å². The number of nitrogens with one attached hydrogen (secondary N) is 1. The molecule has 0 unspecified atom stereocenters. The Morgan fingerprint density at radius 2 is 2.10 bits per heavy atom. The first-order valence-corrected chi connectivity index (χ1v) is 7.90. The van der Waals surface area contributed by atoms with Crippen LogP contribution in [0.5, 0.6) is 0 Å². The van der Waals surface area contributed by atoms with Crippen molar-refractivity contribution in [2.24, 2.45) is 0 Å². The third-order valence-electron chi connectivity index (χ3n) is 3.38. The van der Waals surface area contributed by atoms with Gasteiger partial charge in [0, 0.05) is 17.5 Å². The molecular weight excluding hydrogens is 286 g/mol. The maximum Gasteiger partial charge on any atom is 0.224 e. The van der Waals surface area contributed by atoms with Gasteiger partial charge < -0.3 is 16.0 Å². The molecule has 0 aliphatic heterocycles. The van der Waals surface area contributed by atoms with Crippen molar-refractivity contribution < 1.29 is 4.79 Å². The summed E-state index contributed by atoms with van der Waals surface area (Å²) < 4.78 is 0. The minimum Gasteiger partial charge on any atom is -0.397 e. The fraction of sp³-hybridized carbons (Fsp3) is 0.562. The highest BCUT2D eigenvalue weighted by Gasteiger charge is 2.10. The third kappa shape index (κ3) is 6.36. The normalized spacial score (nSPS) is 11.1. The summed E-state index contributed by atoms with van der Waals surface area (Å²) in [7, 11) is 0. The molecule has 1 rings (SSSR count).